The number of hydrogen-bond donors (Lipinski definition) is 2. The van der Waals surface area contributed by atoms with Gasteiger partial charge in [0.2, 0.25) is 5.91 Å². The molecule has 1 aromatic heterocycles. The van der Waals surface area contributed by atoms with E-state index in [1.807, 2.05) is 0 Å². The van der Waals surface area contributed by atoms with E-state index in [0.29, 0.717) is 0 Å². The minimum atomic E-state index is -1.20. The molecular formula is C11H8N4O5. The van der Waals surface area contributed by atoms with Crippen molar-refractivity contribution in [1.82, 2.24) is 9.78 Å². The Hall–Kier alpha value is -3.23. The lowest BCUT2D eigenvalue weighted by molar-refractivity contribution is -0.384. The van der Waals surface area contributed by atoms with Gasteiger partial charge in [0.15, 0.2) is 0 Å². The topological polar surface area (TPSA) is 141 Å². The van der Waals surface area contributed by atoms with Crippen LogP contribution in [-0.4, -0.2) is 31.7 Å². The van der Waals surface area contributed by atoms with Crippen LogP contribution in [0.3, 0.4) is 0 Å². The molecule has 102 valence electrons. The zero-order valence-electron chi connectivity index (χ0n) is 9.89. The highest BCUT2D eigenvalue weighted by atomic mass is 16.6. The Labute approximate surface area is 111 Å². The molecule has 0 aliphatic carbocycles. The lowest BCUT2D eigenvalue weighted by Gasteiger charge is -2.04. The van der Waals surface area contributed by atoms with Crippen LogP contribution in [-0.2, 0) is 0 Å². The summed E-state index contributed by atoms with van der Waals surface area (Å²) in [6.45, 7) is 0. The van der Waals surface area contributed by atoms with Crippen molar-refractivity contribution < 1.29 is 19.6 Å². The van der Waals surface area contributed by atoms with Crippen molar-refractivity contribution in [2.24, 2.45) is 5.73 Å². The minimum Gasteiger partial charge on any atom is -0.478 e. The largest absolute Gasteiger partial charge is 0.478 e. The van der Waals surface area contributed by atoms with Gasteiger partial charge in [0, 0.05) is 17.8 Å². The number of nitro groups is 1. The molecule has 3 N–H and O–H groups in total. The summed E-state index contributed by atoms with van der Waals surface area (Å²) in [6, 6.07) is 3.59. The van der Waals surface area contributed by atoms with Gasteiger partial charge >= 0.3 is 5.97 Å². The summed E-state index contributed by atoms with van der Waals surface area (Å²) in [7, 11) is 0. The van der Waals surface area contributed by atoms with E-state index in [-0.39, 0.29) is 16.8 Å². The van der Waals surface area contributed by atoms with Gasteiger partial charge in [-0.3, -0.25) is 14.9 Å². The lowest BCUT2D eigenvalue weighted by atomic mass is 10.1. The van der Waals surface area contributed by atoms with Crippen LogP contribution in [0.5, 0.6) is 0 Å². The molecule has 20 heavy (non-hydrogen) atoms. The number of aromatic carboxylic acids is 1. The fourth-order valence-corrected chi connectivity index (χ4v) is 1.58. The van der Waals surface area contributed by atoms with Crippen molar-refractivity contribution in [3.8, 4) is 5.69 Å². The maximum atomic E-state index is 11.0. The smallest absolute Gasteiger partial charge is 0.338 e. The van der Waals surface area contributed by atoms with Crippen LogP contribution >= 0.6 is 0 Å². The lowest BCUT2D eigenvalue weighted by Crippen LogP contribution is -2.12. The van der Waals surface area contributed by atoms with Gasteiger partial charge < -0.3 is 10.8 Å². The van der Waals surface area contributed by atoms with Crippen molar-refractivity contribution in [2.75, 3.05) is 0 Å². The Balaban J connectivity index is 2.57. The Morgan fingerprint density at radius 3 is 2.55 bits per heavy atom. The predicted octanol–water partition coefficient (Wildman–Crippen LogP) is 0.578. The average Bonchev–Trinajstić information content (AvgIpc) is 2.87. The molecule has 1 aromatic carbocycles. The maximum Gasteiger partial charge on any atom is 0.338 e. The highest BCUT2D eigenvalue weighted by molar-refractivity contribution is 5.94. The summed E-state index contributed by atoms with van der Waals surface area (Å²) in [5.41, 5.74) is 4.55. The Morgan fingerprint density at radius 1 is 1.35 bits per heavy atom. The molecule has 0 spiro atoms. The summed E-state index contributed by atoms with van der Waals surface area (Å²) < 4.78 is 1.05. The Kier molecular flexibility index (Phi) is 3.17. The molecule has 9 nitrogen and oxygen atoms in total. The third kappa shape index (κ3) is 2.32. The quantitative estimate of drug-likeness (QED) is 0.617. The molecule has 0 bridgehead atoms. The zero-order valence-corrected chi connectivity index (χ0v) is 9.89. The third-order valence-electron chi connectivity index (χ3n) is 2.53. The van der Waals surface area contributed by atoms with Gasteiger partial charge in [0.25, 0.3) is 5.69 Å². The van der Waals surface area contributed by atoms with Crippen LogP contribution in [0.25, 0.3) is 5.69 Å². The van der Waals surface area contributed by atoms with Gasteiger partial charge in [0.05, 0.1) is 16.7 Å². The number of nitrogens with two attached hydrogens (primary N) is 1. The van der Waals surface area contributed by atoms with E-state index in [2.05, 4.69) is 5.10 Å². The molecule has 0 unspecified atom stereocenters. The predicted molar refractivity (Wildman–Crippen MR) is 65.7 cm³/mol. The molecule has 0 atom stereocenters. The average molecular weight is 276 g/mol. The van der Waals surface area contributed by atoms with E-state index >= 15 is 0 Å². The van der Waals surface area contributed by atoms with Gasteiger partial charge in [-0.05, 0) is 12.1 Å². The second-order valence-electron chi connectivity index (χ2n) is 3.80. The number of rotatable bonds is 4. The van der Waals surface area contributed by atoms with Crippen molar-refractivity contribution in [3.05, 3.63) is 51.8 Å². The van der Waals surface area contributed by atoms with Crippen molar-refractivity contribution in [1.29, 1.82) is 0 Å². The number of carboxylic acid groups (broad SMARTS) is 1. The van der Waals surface area contributed by atoms with Gasteiger partial charge in [-0.1, -0.05) is 0 Å². The fourth-order valence-electron chi connectivity index (χ4n) is 1.58. The molecule has 1 amide bonds. The molecule has 1 heterocycles. The van der Waals surface area contributed by atoms with E-state index in [0.717, 1.165) is 23.1 Å². The van der Waals surface area contributed by atoms with E-state index in [9.17, 15) is 19.7 Å². The highest BCUT2D eigenvalue weighted by Crippen LogP contribution is 2.24. The van der Waals surface area contributed by atoms with Gasteiger partial charge in [-0.15, -0.1) is 0 Å². The highest BCUT2D eigenvalue weighted by Gasteiger charge is 2.19. The Bertz CT molecular complexity index is 721. The number of hydrogen-bond acceptors (Lipinski definition) is 5. The molecule has 0 aliphatic rings. The van der Waals surface area contributed by atoms with Crippen LogP contribution in [0, 0.1) is 10.1 Å². The first-order chi connectivity index (χ1) is 9.40. The summed E-state index contributed by atoms with van der Waals surface area (Å²) in [4.78, 5) is 32.1. The maximum absolute atomic E-state index is 11.0. The monoisotopic (exact) mass is 276 g/mol. The van der Waals surface area contributed by atoms with Crippen LogP contribution < -0.4 is 5.73 Å². The van der Waals surface area contributed by atoms with Gasteiger partial charge in [-0.25, -0.2) is 9.48 Å². The standard InChI is InChI=1S/C11H8N4O5/c12-10(16)6-1-2-8(9(3-6)15(19)20)14-5-7(4-13-14)11(17)18/h1-5H,(H2,12,16)(H,17,18). The molecule has 0 radical (unpaired) electrons. The first-order valence-electron chi connectivity index (χ1n) is 5.26. The SMILES string of the molecule is NC(=O)c1ccc(-n2cc(C(=O)O)cn2)c([N+](=O)[O-])c1. The van der Waals surface area contributed by atoms with Crippen LogP contribution in [0.2, 0.25) is 0 Å². The number of amides is 1. The zero-order chi connectivity index (χ0) is 14.9. The normalized spacial score (nSPS) is 10.2. The summed E-state index contributed by atoms with van der Waals surface area (Å²) in [5.74, 6) is -2.00. The van der Waals surface area contributed by atoms with E-state index in [4.69, 9.17) is 10.8 Å². The second-order valence-corrected chi connectivity index (χ2v) is 3.80. The summed E-state index contributed by atoms with van der Waals surface area (Å²) in [5, 5.41) is 23.5. The third-order valence-corrected chi connectivity index (χ3v) is 2.53. The van der Waals surface area contributed by atoms with Crippen LogP contribution in [0.15, 0.2) is 30.6 Å². The first-order valence-corrected chi connectivity index (χ1v) is 5.26. The number of nitro benzene ring substituents is 1. The summed E-state index contributed by atoms with van der Waals surface area (Å²) >= 11 is 0. The number of aromatic nitrogens is 2. The number of nitrogens with zero attached hydrogens (tertiary/aromatic N) is 3. The molecule has 0 saturated carbocycles. The van der Waals surface area contributed by atoms with Crippen molar-refractivity contribution in [2.45, 2.75) is 0 Å². The molecule has 2 rings (SSSR count). The molecule has 0 fully saturated rings. The van der Waals surface area contributed by atoms with Gasteiger partial charge in [-0.2, -0.15) is 5.10 Å². The number of carbonyl (C=O) groups excluding carboxylic acids is 1. The number of carboxylic acids is 1. The van der Waals surface area contributed by atoms with E-state index < -0.39 is 22.5 Å². The minimum absolute atomic E-state index is 0.0222. The fraction of sp³-hybridized carbons (Fsp3) is 0. The first kappa shape index (κ1) is 13.2. The van der Waals surface area contributed by atoms with Gasteiger partial charge in [0.1, 0.15) is 5.69 Å². The number of benzene rings is 1. The van der Waals surface area contributed by atoms with Crippen LogP contribution in [0.4, 0.5) is 5.69 Å². The number of carbonyl (C=O) groups is 2. The summed E-state index contributed by atoms with van der Waals surface area (Å²) in [6.07, 6.45) is 2.20. The van der Waals surface area contributed by atoms with Crippen molar-refractivity contribution >= 4 is 17.6 Å². The molecule has 9 heteroatoms. The van der Waals surface area contributed by atoms with E-state index in [1.54, 1.807) is 0 Å². The second kappa shape index (κ2) is 4.80. The van der Waals surface area contributed by atoms with E-state index in [1.165, 1.54) is 12.1 Å². The molecule has 0 aliphatic heterocycles. The Morgan fingerprint density at radius 2 is 2.05 bits per heavy atom. The van der Waals surface area contributed by atoms with Crippen molar-refractivity contribution in [3.63, 3.8) is 0 Å². The molecule has 2 aromatic rings. The number of primary amides is 1. The molecule has 0 saturated heterocycles. The van der Waals surface area contributed by atoms with Crippen LogP contribution in [0.1, 0.15) is 20.7 Å². The molecular weight excluding hydrogens is 268 g/mol.